The van der Waals surface area contributed by atoms with Crippen molar-refractivity contribution in [3.63, 3.8) is 0 Å². The summed E-state index contributed by atoms with van der Waals surface area (Å²) in [7, 11) is 0. The van der Waals surface area contributed by atoms with Gasteiger partial charge in [-0.3, -0.25) is 16.3 Å². The van der Waals surface area contributed by atoms with Crippen LogP contribution in [0, 0.1) is 5.92 Å². The van der Waals surface area contributed by atoms with Crippen molar-refractivity contribution in [1.29, 1.82) is 0 Å². The number of rotatable bonds is 6. The van der Waals surface area contributed by atoms with Gasteiger partial charge in [-0.2, -0.15) is 0 Å². The lowest BCUT2D eigenvalue weighted by Crippen LogP contribution is -2.39. The minimum atomic E-state index is -0.0869. The predicted molar refractivity (Wildman–Crippen MR) is 66.9 cm³/mol. The Morgan fingerprint density at radius 2 is 2.35 bits per heavy atom. The second-order valence-electron chi connectivity index (χ2n) is 4.41. The molecule has 17 heavy (non-hydrogen) atoms. The number of hydrazine groups is 1. The van der Waals surface area contributed by atoms with Crippen LogP contribution in [-0.2, 0) is 4.74 Å². The highest BCUT2D eigenvalue weighted by molar-refractivity contribution is 5.46. The van der Waals surface area contributed by atoms with E-state index < -0.39 is 0 Å². The average Bonchev–Trinajstić information content (AvgIpc) is 3.15. The third-order valence-electron chi connectivity index (χ3n) is 3.18. The number of hydrogen-bond donors (Lipinski definition) is 3. The van der Waals surface area contributed by atoms with Crippen molar-refractivity contribution in [2.45, 2.75) is 31.9 Å². The number of nitrogen functional groups attached to an aromatic ring is 1. The Morgan fingerprint density at radius 3 is 2.88 bits per heavy atom. The maximum Gasteiger partial charge on any atom is 0.0811 e. The molecule has 5 N–H and O–H groups in total. The van der Waals surface area contributed by atoms with E-state index in [9.17, 15) is 0 Å². The molecule has 2 rings (SSSR count). The van der Waals surface area contributed by atoms with E-state index in [-0.39, 0.29) is 12.1 Å². The van der Waals surface area contributed by atoms with Crippen LogP contribution >= 0.6 is 0 Å². The molecule has 0 spiro atoms. The molecule has 1 aromatic rings. The number of ether oxygens (including phenoxy) is 1. The lowest BCUT2D eigenvalue weighted by molar-refractivity contribution is 0.0186. The Labute approximate surface area is 102 Å². The van der Waals surface area contributed by atoms with Crippen LogP contribution in [0.5, 0.6) is 0 Å². The highest BCUT2D eigenvalue weighted by atomic mass is 16.5. The molecule has 0 saturated heterocycles. The highest BCUT2D eigenvalue weighted by Crippen LogP contribution is 2.40. The van der Waals surface area contributed by atoms with Crippen LogP contribution in [0.4, 0.5) is 5.69 Å². The monoisotopic (exact) mass is 236 g/mol. The zero-order valence-electron chi connectivity index (χ0n) is 10.1. The van der Waals surface area contributed by atoms with Crippen molar-refractivity contribution >= 4 is 5.69 Å². The molecule has 1 aliphatic carbocycles. The van der Waals surface area contributed by atoms with E-state index in [1.165, 1.54) is 12.8 Å². The molecule has 1 heterocycles. The summed E-state index contributed by atoms with van der Waals surface area (Å²) in [5.74, 6) is 6.24. The fraction of sp³-hybridized carbons (Fsp3) is 0.583. The molecule has 5 nitrogen and oxygen atoms in total. The summed E-state index contributed by atoms with van der Waals surface area (Å²) in [6, 6.07) is 1.70. The number of nitrogens with zero attached hydrogens (tertiary/aromatic N) is 1. The van der Waals surface area contributed by atoms with Crippen molar-refractivity contribution < 1.29 is 4.74 Å². The van der Waals surface area contributed by atoms with Gasteiger partial charge >= 0.3 is 0 Å². The van der Waals surface area contributed by atoms with Gasteiger partial charge in [0.05, 0.1) is 12.1 Å². The minimum absolute atomic E-state index is 0.0801. The molecule has 0 radical (unpaired) electrons. The number of aromatic nitrogens is 1. The second kappa shape index (κ2) is 5.44. The molecular formula is C12H20N4O. The van der Waals surface area contributed by atoms with Gasteiger partial charge in [0.15, 0.2) is 0 Å². The third-order valence-corrected chi connectivity index (χ3v) is 3.18. The number of nitrogens with one attached hydrogen (secondary N) is 1. The van der Waals surface area contributed by atoms with Gasteiger partial charge in [-0.15, -0.1) is 0 Å². The second-order valence-corrected chi connectivity index (χ2v) is 4.41. The summed E-state index contributed by atoms with van der Waals surface area (Å²) < 4.78 is 5.80. The summed E-state index contributed by atoms with van der Waals surface area (Å²) in [6.07, 6.45) is 5.91. The van der Waals surface area contributed by atoms with Crippen LogP contribution in [0.15, 0.2) is 18.5 Å². The Kier molecular flexibility index (Phi) is 3.93. The maximum atomic E-state index is 5.96. The number of nitrogens with two attached hydrogens (primary N) is 2. The van der Waals surface area contributed by atoms with Crippen LogP contribution in [0.25, 0.3) is 0 Å². The fourth-order valence-electron chi connectivity index (χ4n) is 2.16. The van der Waals surface area contributed by atoms with Gasteiger partial charge in [0, 0.05) is 30.3 Å². The number of anilines is 1. The Balaban J connectivity index is 2.21. The molecule has 1 aliphatic rings. The maximum absolute atomic E-state index is 5.96. The third kappa shape index (κ3) is 2.74. The fourth-order valence-corrected chi connectivity index (χ4v) is 2.16. The quantitative estimate of drug-likeness (QED) is 0.506. The first kappa shape index (κ1) is 12.3. The molecule has 2 atom stereocenters. The van der Waals surface area contributed by atoms with E-state index in [2.05, 4.69) is 10.4 Å². The average molecular weight is 236 g/mol. The van der Waals surface area contributed by atoms with Gasteiger partial charge in [-0.05, 0) is 31.7 Å². The van der Waals surface area contributed by atoms with Crippen molar-refractivity contribution in [1.82, 2.24) is 10.4 Å². The van der Waals surface area contributed by atoms with Crippen LogP contribution in [0.3, 0.4) is 0 Å². The summed E-state index contributed by atoms with van der Waals surface area (Å²) in [5, 5.41) is 0. The molecule has 1 saturated carbocycles. The van der Waals surface area contributed by atoms with Gasteiger partial charge in [-0.1, -0.05) is 0 Å². The standard InChI is InChI=1S/C12H20N4O/c1-2-17-12(8-3-4-8)11(16-14)9-7-15-6-5-10(9)13/h5-8,11-12,16H,2-4,14H2,1H3,(H2,13,15). The van der Waals surface area contributed by atoms with E-state index in [1.807, 2.05) is 6.92 Å². The largest absolute Gasteiger partial charge is 0.398 e. The van der Waals surface area contributed by atoms with Crippen LogP contribution in [0.1, 0.15) is 31.4 Å². The van der Waals surface area contributed by atoms with E-state index in [0.29, 0.717) is 18.2 Å². The molecule has 1 fully saturated rings. The van der Waals surface area contributed by atoms with Gasteiger partial charge in [-0.25, -0.2) is 0 Å². The molecule has 2 unspecified atom stereocenters. The summed E-state index contributed by atoms with van der Waals surface area (Å²) >= 11 is 0. The predicted octanol–water partition coefficient (Wildman–Crippen LogP) is 0.983. The number of pyridine rings is 1. The van der Waals surface area contributed by atoms with Gasteiger partial charge < -0.3 is 10.5 Å². The molecule has 94 valence electrons. The Hall–Kier alpha value is -1.17. The van der Waals surface area contributed by atoms with E-state index in [0.717, 1.165) is 5.56 Å². The Morgan fingerprint density at radius 1 is 1.59 bits per heavy atom. The topological polar surface area (TPSA) is 86.2 Å². The summed E-state index contributed by atoms with van der Waals surface area (Å²) in [4.78, 5) is 4.11. The van der Waals surface area contributed by atoms with E-state index >= 15 is 0 Å². The lowest BCUT2D eigenvalue weighted by atomic mass is 9.99. The normalized spacial score (nSPS) is 18.9. The lowest BCUT2D eigenvalue weighted by Gasteiger charge is -2.27. The molecule has 1 aromatic heterocycles. The zero-order valence-corrected chi connectivity index (χ0v) is 10.1. The minimum Gasteiger partial charge on any atom is -0.398 e. The summed E-state index contributed by atoms with van der Waals surface area (Å²) in [6.45, 7) is 2.68. The molecule has 0 amide bonds. The highest BCUT2D eigenvalue weighted by Gasteiger charge is 2.38. The van der Waals surface area contributed by atoms with Crippen molar-refractivity contribution in [3.05, 3.63) is 24.0 Å². The number of hydrogen-bond acceptors (Lipinski definition) is 5. The van der Waals surface area contributed by atoms with Crippen molar-refractivity contribution in [2.75, 3.05) is 12.3 Å². The molecule has 0 bridgehead atoms. The van der Waals surface area contributed by atoms with Crippen LogP contribution in [0.2, 0.25) is 0 Å². The van der Waals surface area contributed by atoms with E-state index in [1.54, 1.807) is 18.5 Å². The SMILES string of the molecule is CCOC(C1CC1)C(NN)c1cnccc1N. The van der Waals surface area contributed by atoms with Crippen LogP contribution < -0.4 is 17.0 Å². The first-order valence-electron chi connectivity index (χ1n) is 6.05. The smallest absolute Gasteiger partial charge is 0.0811 e. The van der Waals surface area contributed by atoms with Gasteiger partial charge in [0.1, 0.15) is 0 Å². The molecule has 0 aromatic carbocycles. The molecule has 5 heteroatoms. The zero-order chi connectivity index (χ0) is 12.3. The van der Waals surface area contributed by atoms with Crippen LogP contribution in [-0.4, -0.2) is 17.7 Å². The van der Waals surface area contributed by atoms with E-state index in [4.69, 9.17) is 16.3 Å². The van der Waals surface area contributed by atoms with Gasteiger partial charge in [0.2, 0.25) is 0 Å². The van der Waals surface area contributed by atoms with Gasteiger partial charge in [0.25, 0.3) is 0 Å². The van der Waals surface area contributed by atoms with Crippen molar-refractivity contribution in [3.8, 4) is 0 Å². The summed E-state index contributed by atoms with van der Waals surface area (Å²) in [5.41, 5.74) is 10.4. The van der Waals surface area contributed by atoms with Crippen molar-refractivity contribution in [2.24, 2.45) is 11.8 Å². The molecule has 0 aliphatic heterocycles. The Bertz CT molecular complexity index is 367. The first-order chi connectivity index (χ1) is 8.27. The first-order valence-corrected chi connectivity index (χ1v) is 6.05. The molecular weight excluding hydrogens is 216 g/mol.